The van der Waals surface area contributed by atoms with Crippen LogP contribution in [0.3, 0.4) is 0 Å². The first-order valence-electron chi connectivity index (χ1n) is 12.3. The lowest BCUT2D eigenvalue weighted by atomic mass is 10.0. The summed E-state index contributed by atoms with van der Waals surface area (Å²) in [5.41, 5.74) is 9.74. The van der Waals surface area contributed by atoms with Crippen LogP contribution in [-0.2, 0) is 13.6 Å². The summed E-state index contributed by atoms with van der Waals surface area (Å²) in [6.07, 6.45) is 7.55. The Morgan fingerprint density at radius 2 is 1.91 bits per heavy atom. The first kappa shape index (κ1) is 24.7. The molecule has 1 fully saturated rings. The molecule has 9 heteroatoms. The van der Waals surface area contributed by atoms with Crippen molar-refractivity contribution < 1.29 is 0 Å². The minimum atomic E-state index is 0.224. The Hall–Kier alpha value is -3.46. The van der Waals surface area contributed by atoms with Crippen molar-refractivity contribution in [2.45, 2.75) is 39.3 Å². The van der Waals surface area contributed by atoms with Gasteiger partial charge in [-0.15, -0.1) is 0 Å². The highest BCUT2D eigenvalue weighted by Gasteiger charge is 2.24. The molecule has 0 radical (unpaired) electrons. The number of nitrogens with two attached hydrogens (primary N) is 1. The van der Waals surface area contributed by atoms with Crippen LogP contribution in [0.1, 0.15) is 38.1 Å². The van der Waals surface area contributed by atoms with Crippen molar-refractivity contribution in [1.29, 1.82) is 0 Å². The van der Waals surface area contributed by atoms with Crippen LogP contribution in [0.4, 0.5) is 5.95 Å². The number of piperidine rings is 1. The van der Waals surface area contributed by atoms with Gasteiger partial charge in [-0.05, 0) is 50.6 Å². The molecule has 0 atom stereocenters. The second-order valence-corrected chi connectivity index (χ2v) is 9.56. The summed E-state index contributed by atoms with van der Waals surface area (Å²) in [5, 5.41) is 4.39. The summed E-state index contributed by atoms with van der Waals surface area (Å²) in [6, 6.07) is 10.7. The van der Waals surface area contributed by atoms with Gasteiger partial charge in [-0.1, -0.05) is 32.0 Å². The molecule has 1 aliphatic heterocycles. The second-order valence-electron chi connectivity index (χ2n) is 9.56. The maximum Gasteiger partial charge on any atom is 0.230 e. The maximum absolute atomic E-state index is 6.05. The number of allylic oxidation sites excluding steroid dienone is 1. The molecule has 0 saturated carbocycles. The lowest BCUT2D eigenvalue weighted by Crippen LogP contribution is -2.43. The maximum atomic E-state index is 6.05. The first-order chi connectivity index (χ1) is 16.9. The first-order valence-corrected chi connectivity index (χ1v) is 12.3. The summed E-state index contributed by atoms with van der Waals surface area (Å²) in [6.45, 7) is 6.56. The van der Waals surface area contributed by atoms with Crippen LogP contribution in [0, 0.1) is 5.92 Å². The van der Waals surface area contributed by atoms with Crippen LogP contribution in [0.15, 0.2) is 53.9 Å². The Balaban J connectivity index is 1.74. The Morgan fingerprint density at radius 3 is 2.54 bits per heavy atom. The van der Waals surface area contributed by atoms with E-state index in [0.29, 0.717) is 18.2 Å². The predicted molar refractivity (Wildman–Crippen MR) is 140 cm³/mol. The van der Waals surface area contributed by atoms with E-state index in [1.54, 1.807) is 12.4 Å². The van der Waals surface area contributed by atoms with Gasteiger partial charge in [0.15, 0.2) is 0 Å². The molecule has 0 aliphatic carbocycles. The summed E-state index contributed by atoms with van der Waals surface area (Å²) in [7, 11) is 6.26. The summed E-state index contributed by atoms with van der Waals surface area (Å²) in [5.74, 6) is 1.75. The molecule has 1 aromatic carbocycles. The third-order valence-electron chi connectivity index (χ3n) is 6.69. The summed E-state index contributed by atoms with van der Waals surface area (Å²) < 4.78 is 3.82. The molecule has 2 aromatic heterocycles. The van der Waals surface area contributed by atoms with E-state index in [1.165, 1.54) is 0 Å². The van der Waals surface area contributed by atoms with Gasteiger partial charge in [0, 0.05) is 50.3 Å². The van der Waals surface area contributed by atoms with E-state index in [-0.39, 0.29) is 5.92 Å². The van der Waals surface area contributed by atoms with Crippen molar-refractivity contribution in [2.24, 2.45) is 23.7 Å². The fraction of sp³-hybridized carbons (Fsp3) is 0.462. The average molecular weight is 476 g/mol. The number of anilines is 1. The molecule has 3 aromatic rings. The van der Waals surface area contributed by atoms with Gasteiger partial charge in [-0.3, -0.25) is 4.57 Å². The molecule has 0 amide bonds. The molecule has 2 N–H and O–H groups in total. The zero-order valence-electron chi connectivity index (χ0n) is 21.5. The van der Waals surface area contributed by atoms with E-state index < -0.39 is 0 Å². The van der Waals surface area contributed by atoms with E-state index in [0.717, 1.165) is 54.5 Å². The van der Waals surface area contributed by atoms with Crippen molar-refractivity contribution in [2.75, 3.05) is 32.1 Å². The molecule has 0 unspecified atom stereocenters. The highest BCUT2D eigenvalue weighted by atomic mass is 15.3. The number of hydrogen-bond acceptors (Lipinski definition) is 7. The molecule has 0 spiro atoms. The topological polar surface area (TPSA) is 93.4 Å². The third kappa shape index (κ3) is 5.45. The SMILES string of the molecule is CC(C)C(=CN)c1nc(N2CCC(N(C)C)CC2)nc(=NCc2ccccc2-n2cccn2)n1C. The minimum absolute atomic E-state index is 0.224. The Morgan fingerprint density at radius 1 is 1.17 bits per heavy atom. The van der Waals surface area contributed by atoms with Gasteiger partial charge in [0.25, 0.3) is 0 Å². The van der Waals surface area contributed by atoms with Crippen LogP contribution >= 0.6 is 0 Å². The standard InChI is InChI=1S/C26H37N9/c1-19(2)22(17-27)24-30-26(34-15-11-21(12-16-34)32(3)4)31-25(33(24)5)28-18-20-9-6-7-10-23(20)35-14-8-13-29-35/h6-10,13-14,17,19,21H,11-12,15-16,18,27H2,1-5H3. The van der Waals surface area contributed by atoms with Crippen molar-refractivity contribution >= 4 is 11.5 Å². The lowest BCUT2D eigenvalue weighted by molar-refractivity contribution is 0.249. The van der Waals surface area contributed by atoms with Crippen LogP contribution in [0.2, 0.25) is 0 Å². The number of aromatic nitrogens is 5. The fourth-order valence-corrected chi connectivity index (χ4v) is 4.54. The van der Waals surface area contributed by atoms with Gasteiger partial charge in [0.05, 0.1) is 12.2 Å². The highest BCUT2D eigenvalue weighted by molar-refractivity contribution is 5.61. The van der Waals surface area contributed by atoms with E-state index in [1.807, 2.05) is 40.7 Å². The van der Waals surface area contributed by atoms with E-state index in [4.69, 9.17) is 20.7 Å². The van der Waals surface area contributed by atoms with Gasteiger partial charge in [-0.25, -0.2) is 9.67 Å². The van der Waals surface area contributed by atoms with Crippen molar-refractivity contribution in [1.82, 2.24) is 29.2 Å². The van der Waals surface area contributed by atoms with Crippen molar-refractivity contribution in [3.05, 3.63) is 65.9 Å². The highest BCUT2D eigenvalue weighted by Crippen LogP contribution is 2.23. The number of para-hydroxylation sites is 1. The molecule has 3 heterocycles. The Bertz CT molecular complexity index is 1210. The quantitative estimate of drug-likeness (QED) is 0.565. The average Bonchev–Trinajstić information content (AvgIpc) is 3.39. The van der Waals surface area contributed by atoms with Crippen LogP contribution in [-0.4, -0.2) is 62.4 Å². The Kier molecular flexibility index (Phi) is 7.65. The van der Waals surface area contributed by atoms with Gasteiger partial charge < -0.3 is 15.5 Å². The van der Waals surface area contributed by atoms with E-state index >= 15 is 0 Å². The number of hydrogen-bond donors (Lipinski definition) is 1. The zero-order chi connectivity index (χ0) is 24.9. The molecular formula is C26H37N9. The lowest BCUT2D eigenvalue weighted by Gasteiger charge is -2.35. The predicted octanol–water partition coefficient (Wildman–Crippen LogP) is 2.59. The monoisotopic (exact) mass is 475 g/mol. The molecular weight excluding hydrogens is 438 g/mol. The van der Waals surface area contributed by atoms with Gasteiger partial charge in [0.2, 0.25) is 11.6 Å². The van der Waals surface area contributed by atoms with Gasteiger partial charge >= 0.3 is 0 Å². The van der Waals surface area contributed by atoms with Crippen LogP contribution < -0.4 is 16.3 Å². The third-order valence-corrected chi connectivity index (χ3v) is 6.69. The normalized spacial score (nSPS) is 16.0. The number of rotatable bonds is 7. The summed E-state index contributed by atoms with van der Waals surface area (Å²) >= 11 is 0. The Labute approximate surface area is 207 Å². The molecule has 4 rings (SSSR count). The number of nitrogens with zero attached hydrogens (tertiary/aromatic N) is 8. The van der Waals surface area contributed by atoms with Crippen molar-refractivity contribution in [3.63, 3.8) is 0 Å². The molecule has 9 nitrogen and oxygen atoms in total. The van der Waals surface area contributed by atoms with E-state index in [2.05, 4.69) is 55.0 Å². The number of benzene rings is 1. The molecule has 186 valence electrons. The molecule has 0 bridgehead atoms. The van der Waals surface area contributed by atoms with Crippen LogP contribution in [0.25, 0.3) is 11.3 Å². The van der Waals surface area contributed by atoms with E-state index in [9.17, 15) is 0 Å². The summed E-state index contributed by atoms with van der Waals surface area (Å²) in [4.78, 5) is 19.4. The smallest absolute Gasteiger partial charge is 0.230 e. The zero-order valence-corrected chi connectivity index (χ0v) is 21.5. The van der Waals surface area contributed by atoms with Gasteiger partial charge in [0.1, 0.15) is 5.82 Å². The molecule has 35 heavy (non-hydrogen) atoms. The van der Waals surface area contributed by atoms with Crippen molar-refractivity contribution in [3.8, 4) is 5.69 Å². The second kappa shape index (κ2) is 10.9. The van der Waals surface area contributed by atoms with Gasteiger partial charge in [-0.2, -0.15) is 15.1 Å². The minimum Gasteiger partial charge on any atom is -0.404 e. The van der Waals surface area contributed by atoms with Crippen LogP contribution in [0.5, 0.6) is 0 Å². The molecule has 1 aliphatic rings. The largest absolute Gasteiger partial charge is 0.404 e. The molecule has 1 saturated heterocycles. The fourth-order valence-electron chi connectivity index (χ4n) is 4.54.